The number of nitrogens with one attached hydrogen (secondary N) is 3. The molecule has 0 aromatic heterocycles. The van der Waals surface area contributed by atoms with Crippen molar-refractivity contribution in [3.8, 4) is 0 Å². The highest BCUT2D eigenvalue weighted by molar-refractivity contribution is 5.93. The maximum Gasteiger partial charge on any atom is 0.238 e. The lowest BCUT2D eigenvalue weighted by Gasteiger charge is -2.19. The Balaban J connectivity index is 1.77. The molecule has 2 aromatic rings. The van der Waals surface area contributed by atoms with Crippen LogP contribution in [0.1, 0.15) is 20.3 Å². The van der Waals surface area contributed by atoms with E-state index in [1.54, 1.807) is 24.3 Å². The Bertz CT molecular complexity index is 791. The first kappa shape index (κ1) is 21.1. The fourth-order valence-corrected chi connectivity index (χ4v) is 2.60. The molecule has 7 nitrogen and oxygen atoms in total. The molecule has 0 aliphatic rings. The molecule has 28 heavy (non-hydrogen) atoms. The highest BCUT2D eigenvalue weighted by Crippen LogP contribution is 2.13. The predicted octanol–water partition coefficient (Wildman–Crippen LogP) is 2.93. The lowest BCUT2D eigenvalue weighted by molar-refractivity contribution is -0.119. The smallest absolute Gasteiger partial charge is 0.238 e. The van der Waals surface area contributed by atoms with E-state index >= 15 is 0 Å². The number of hydrogen-bond donors (Lipinski definition) is 3. The zero-order chi connectivity index (χ0) is 20.4. The van der Waals surface area contributed by atoms with Gasteiger partial charge in [-0.25, -0.2) is 0 Å². The fraction of sp³-hybridized carbons (Fsp3) is 0.286. The van der Waals surface area contributed by atoms with Crippen molar-refractivity contribution in [2.24, 2.45) is 0 Å². The van der Waals surface area contributed by atoms with Gasteiger partial charge < -0.3 is 16.0 Å². The molecule has 0 fully saturated rings. The van der Waals surface area contributed by atoms with Crippen LogP contribution in [-0.4, -0.2) is 42.3 Å². The van der Waals surface area contributed by atoms with Crippen molar-refractivity contribution in [3.05, 3.63) is 54.6 Å². The zero-order valence-corrected chi connectivity index (χ0v) is 16.2. The van der Waals surface area contributed by atoms with Crippen LogP contribution in [0, 0.1) is 0 Å². The lowest BCUT2D eigenvalue weighted by Crippen LogP contribution is -2.35. The van der Waals surface area contributed by atoms with Crippen LogP contribution < -0.4 is 16.0 Å². The number of hydrogen-bond acceptors (Lipinski definition) is 4. The molecular formula is C21H26N4O3. The second-order valence-electron chi connectivity index (χ2n) is 6.34. The van der Waals surface area contributed by atoms with Crippen LogP contribution in [0.5, 0.6) is 0 Å². The van der Waals surface area contributed by atoms with E-state index in [1.165, 1.54) is 6.92 Å². The molecule has 0 aliphatic carbocycles. The summed E-state index contributed by atoms with van der Waals surface area (Å²) >= 11 is 0. The summed E-state index contributed by atoms with van der Waals surface area (Å²) in [5.74, 6) is -0.386. The molecule has 0 aliphatic heterocycles. The summed E-state index contributed by atoms with van der Waals surface area (Å²) in [5, 5.41) is 8.33. The first-order valence-electron chi connectivity index (χ1n) is 9.21. The zero-order valence-electron chi connectivity index (χ0n) is 16.2. The van der Waals surface area contributed by atoms with Crippen molar-refractivity contribution in [1.82, 2.24) is 4.90 Å². The van der Waals surface area contributed by atoms with Crippen LogP contribution in [0.3, 0.4) is 0 Å². The van der Waals surface area contributed by atoms with E-state index in [4.69, 9.17) is 0 Å². The van der Waals surface area contributed by atoms with E-state index in [9.17, 15) is 14.4 Å². The van der Waals surface area contributed by atoms with Crippen molar-refractivity contribution in [2.45, 2.75) is 20.3 Å². The van der Waals surface area contributed by atoms with Crippen molar-refractivity contribution < 1.29 is 14.4 Å². The fourth-order valence-electron chi connectivity index (χ4n) is 2.60. The molecule has 3 N–H and O–H groups in total. The lowest BCUT2D eigenvalue weighted by atomic mass is 10.2. The Morgan fingerprint density at radius 1 is 0.786 bits per heavy atom. The topological polar surface area (TPSA) is 90.5 Å². The van der Waals surface area contributed by atoms with Gasteiger partial charge in [-0.3, -0.25) is 19.3 Å². The standard InChI is InChI=1S/C21H26N4O3/c1-3-25(14-13-20(27)23-17-7-5-4-6-8-17)15-21(28)24-19-11-9-18(10-12-19)22-16(2)26/h4-12H,3,13-15H2,1-2H3,(H,22,26)(H,23,27)(H,24,28). The van der Waals surface area contributed by atoms with E-state index in [-0.39, 0.29) is 24.3 Å². The van der Waals surface area contributed by atoms with E-state index in [0.29, 0.717) is 30.9 Å². The van der Waals surface area contributed by atoms with Crippen LogP contribution in [-0.2, 0) is 14.4 Å². The average Bonchev–Trinajstić information content (AvgIpc) is 2.67. The third-order valence-electron chi connectivity index (χ3n) is 4.02. The molecule has 148 valence electrons. The Morgan fingerprint density at radius 2 is 1.32 bits per heavy atom. The second-order valence-corrected chi connectivity index (χ2v) is 6.34. The molecule has 0 bridgehead atoms. The number of para-hydroxylation sites is 1. The monoisotopic (exact) mass is 382 g/mol. The SMILES string of the molecule is CCN(CCC(=O)Nc1ccccc1)CC(=O)Nc1ccc(NC(C)=O)cc1. The first-order chi connectivity index (χ1) is 13.5. The second kappa shape index (κ2) is 10.8. The Hall–Kier alpha value is -3.19. The molecule has 3 amide bonds. The molecule has 0 spiro atoms. The van der Waals surface area contributed by atoms with Gasteiger partial charge in [-0.15, -0.1) is 0 Å². The summed E-state index contributed by atoms with van der Waals surface area (Å²) in [7, 11) is 0. The summed E-state index contributed by atoms with van der Waals surface area (Å²) in [4.78, 5) is 37.2. The number of benzene rings is 2. The van der Waals surface area contributed by atoms with E-state index < -0.39 is 0 Å². The van der Waals surface area contributed by atoms with E-state index in [1.807, 2.05) is 42.2 Å². The number of carbonyl (C=O) groups is 3. The highest BCUT2D eigenvalue weighted by Gasteiger charge is 2.12. The van der Waals surface area contributed by atoms with Crippen molar-refractivity contribution in [2.75, 3.05) is 35.6 Å². The summed E-state index contributed by atoms with van der Waals surface area (Å²) in [6.45, 7) is 4.74. The summed E-state index contributed by atoms with van der Waals surface area (Å²) in [5.41, 5.74) is 2.08. The van der Waals surface area contributed by atoms with Gasteiger partial charge >= 0.3 is 0 Å². The Kier molecular flexibility index (Phi) is 8.17. The van der Waals surface area contributed by atoms with Gasteiger partial charge in [0.25, 0.3) is 0 Å². The largest absolute Gasteiger partial charge is 0.326 e. The van der Waals surface area contributed by atoms with Gasteiger partial charge in [0, 0.05) is 37.0 Å². The molecular weight excluding hydrogens is 356 g/mol. The van der Waals surface area contributed by atoms with Gasteiger partial charge in [-0.05, 0) is 42.9 Å². The van der Waals surface area contributed by atoms with Gasteiger partial charge in [-0.2, -0.15) is 0 Å². The van der Waals surface area contributed by atoms with Crippen LogP contribution in [0.2, 0.25) is 0 Å². The maximum absolute atomic E-state index is 12.3. The maximum atomic E-state index is 12.3. The number of amides is 3. The molecule has 0 heterocycles. The van der Waals surface area contributed by atoms with Crippen LogP contribution in [0.25, 0.3) is 0 Å². The quantitative estimate of drug-likeness (QED) is 0.622. The average molecular weight is 382 g/mol. The van der Waals surface area contributed by atoms with E-state index in [0.717, 1.165) is 5.69 Å². The minimum absolute atomic E-state index is 0.0846. The Morgan fingerprint density at radius 3 is 1.89 bits per heavy atom. The van der Waals surface area contributed by atoms with Crippen molar-refractivity contribution >= 4 is 34.8 Å². The number of anilines is 3. The first-order valence-corrected chi connectivity index (χ1v) is 9.21. The summed E-state index contributed by atoms with van der Waals surface area (Å²) in [6, 6.07) is 16.2. The molecule has 0 atom stereocenters. The molecule has 0 saturated carbocycles. The molecule has 0 saturated heterocycles. The van der Waals surface area contributed by atoms with Gasteiger partial charge in [0.1, 0.15) is 0 Å². The van der Waals surface area contributed by atoms with Crippen LogP contribution in [0.15, 0.2) is 54.6 Å². The number of rotatable bonds is 9. The van der Waals surface area contributed by atoms with Gasteiger partial charge in [0.05, 0.1) is 6.54 Å². The normalized spacial score (nSPS) is 10.4. The van der Waals surface area contributed by atoms with Crippen molar-refractivity contribution in [1.29, 1.82) is 0 Å². The molecule has 2 rings (SSSR count). The van der Waals surface area contributed by atoms with Crippen LogP contribution in [0.4, 0.5) is 17.1 Å². The third kappa shape index (κ3) is 7.59. The molecule has 0 radical (unpaired) electrons. The minimum atomic E-state index is -0.155. The van der Waals surface area contributed by atoms with Gasteiger partial charge in [0.2, 0.25) is 17.7 Å². The van der Waals surface area contributed by atoms with Crippen molar-refractivity contribution in [3.63, 3.8) is 0 Å². The van der Waals surface area contributed by atoms with Crippen LogP contribution >= 0.6 is 0 Å². The summed E-state index contributed by atoms with van der Waals surface area (Å²) < 4.78 is 0. The number of likely N-dealkylation sites (N-methyl/N-ethyl adjacent to an activating group) is 1. The molecule has 7 heteroatoms. The predicted molar refractivity (Wildman–Crippen MR) is 111 cm³/mol. The third-order valence-corrected chi connectivity index (χ3v) is 4.02. The number of nitrogens with zero attached hydrogens (tertiary/aromatic N) is 1. The number of carbonyl (C=O) groups excluding carboxylic acids is 3. The minimum Gasteiger partial charge on any atom is -0.326 e. The summed E-state index contributed by atoms with van der Waals surface area (Å²) in [6.07, 6.45) is 0.307. The van der Waals surface area contributed by atoms with Gasteiger partial charge in [0.15, 0.2) is 0 Å². The van der Waals surface area contributed by atoms with Gasteiger partial charge in [-0.1, -0.05) is 25.1 Å². The molecule has 0 unspecified atom stereocenters. The van der Waals surface area contributed by atoms with E-state index in [2.05, 4.69) is 16.0 Å². The molecule has 2 aromatic carbocycles. The highest BCUT2D eigenvalue weighted by atomic mass is 16.2. The Labute approximate surface area is 165 Å².